The highest BCUT2D eigenvalue weighted by Crippen LogP contribution is 2.46. The average molecular weight is 277 g/mol. The van der Waals surface area contributed by atoms with Crippen LogP contribution in [0.5, 0.6) is 0 Å². The van der Waals surface area contributed by atoms with Crippen molar-refractivity contribution in [2.45, 2.75) is 36.8 Å². The monoisotopic (exact) mass is 277 g/mol. The zero-order chi connectivity index (χ0) is 14.1. The number of aliphatic hydroxyl groups is 1. The Kier molecular flexibility index (Phi) is 3.82. The van der Waals surface area contributed by atoms with Crippen LogP contribution in [-0.2, 0) is 5.92 Å². The zero-order valence-electron chi connectivity index (χ0n) is 10.1. The van der Waals surface area contributed by atoms with E-state index in [1.165, 1.54) is 18.2 Å². The van der Waals surface area contributed by atoms with Gasteiger partial charge in [0.15, 0.2) is 0 Å². The lowest BCUT2D eigenvalue weighted by atomic mass is 9.93. The number of alkyl halides is 4. The molecule has 1 aromatic carbocycles. The third-order valence-electron chi connectivity index (χ3n) is 3.41. The molecule has 0 bridgehead atoms. The lowest BCUT2D eigenvalue weighted by molar-refractivity contribution is -0.264. The Hall–Kier alpha value is -1.14. The highest BCUT2D eigenvalue weighted by molar-refractivity contribution is 5.23. The predicted molar refractivity (Wildman–Crippen MR) is 62.3 cm³/mol. The molecule has 0 aromatic heterocycles. The normalized spacial score (nSPS) is 22.5. The summed E-state index contributed by atoms with van der Waals surface area (Å²) >= 11 is 0. The summed E-state index contributed by atoms with van der Waals surface area (Å²) in [5, 5.41) is 12.2. The van der Waals surface area contributed by atoms with Crippen LogP contribution in [0, 0.1) is 0 Å². The van der Waals surface area contributed by atoms with E-state index in [0.717, 1.165) is 12.1 Å². The van der Waals surface area contributed by atoms with E-state index < -0.39 is 29.6 Å². The van der Waals surface area contributed by atoms with Gasteiger partial charge in [-0.15, -0.1) is 0 Å². The fraction of sp³-hybridized carbons (Fsp3) is 0.538. The van der Waals surface area contributed by atoms with Gasteiger partial charge in [-0.25, -0.2) is 0 Å². The van der Waals surface area contributed by atoms with E-state index in [9.17, 15) is 22.7 Å². The Balaban J connectivity index is 2.26. The second kappa shape index (κ2) is 5.09. The summed E-state index contributed by atoms with van der Waals surface area (Å²) in [6, 6.07) is 4.86. The lowest BCUT2D eigenvalue weighted by Gasteiger charge is -2.33. The molecule has 2 rings (SSSR count). The van der Waals surface area contributed by atoms with Crippen molar-refractivity contribution in [1.82, 2.24) is 5.32 Å². The zero-order valence-corrected chi connectivity index (χ0v) is 10.1. The van der Waals surface area contributed by atoms with Crippen LogP contribution < -0.4 is 5.32 Å². The Morgan fingerprint density at radius 2 is 1.79 bits per heavy atom. The summed E-state index contributed by atoms with van der Waals surface area (Å²) in [6.07, 6.45) is -1.55. The van der Waals surface area contributed by atoms with E-state index in [4.69, 9.17) is 0 Å². The Labute approximate surface area is 108 Å². The molecular formula is C13H15F4NO. The standard InChI is InChI=1S/C13H15F4NO/c14-12(15,9-5-2-1-3-6-9)13(16,17)11(19)10-7-4-8-18-10/h1-3,5-6,10-11,18-19H,4,7-8H2. The summed E-state index contributed by atoms with van der Waals surface area (Å²) in [5.74, 6) is -8.92. The maximum absolute atomic E-state index is 13.9. The van der Waals surface area contributed by atoms with Gasteiger partial charge in [-0.1, -0.05) is 30.3 Å². The van der Waals surface area contributed by atoms with Crippen LogP contribution in [0.3, 0.4) is 0 Å². The van der Waals surface area contributed by atoms with Crippen LogP contribution in [0.1, 0.15) is 18.4 Å². The van der Waals surface area contributed by atoms with Gasteiger partial charge in [0.05, 0.1) is 0 Å². The summed E-state index contributed by atoms with van der Waals surface area (Å²) in [6.45, 7) is 0.453. The van der Waals surface area contributed by atoms with Crippen molar-refractivity contribution >= 4 is 0 Å². The van der Waals surface area contributed by atoms with Crippen molar-refractivity contribution in [2.75, 3.05) is 6.54 Å². The van der Waals surface area contributed by atoms with E-state index in [1.807, 2.05) is 0 Å². The molecular weight excluding hydrogens is 262 g/mol. The first-order valence-electron chi connectivity index (χ1n) is 6.10. The number of hydrogen-bond donors (Lipinski definition) is 2. The highest BCUT2D eigenvalue weighted by Gasteiger charge is 2.63. The van der Waals surface area contributed by atoms with Gasteiger partial charge in [-0.3, -0.25) is 0 Å². The van der Waals surface area contributed by atoms with Gasteiger partial charge in [-0.2, -0.15) is 17.6 Å². The SMILES string of the molecule is OC(C1CCCN1)C(F)(F)C(F)(F)c1ccccc1. The molecule has 2 nitrogen and oxygen atoms in total. The first-order chi connectivity index (χ1) is 8.87. The molecule has 1 saturated heterocycles. The minimum absolute atomic E-state index is 0.266. The number of halogens is 4. The molecule has 0 radical (unpaired) electrons. The molecule has 0 saturated carbocycles. The quantitative estimate of drug-likeness (QED) is 0.829. The van der Waals surface area contributed by atoms with Crippen molar-refractivity contribution in [3.63, 3.8) is 0 Å². The largest absolute Gasteiger partial charge is 0.385 e. The van der Waals surface area contributed by atoms with Crippen molar-refractivity contribution in [3.8, 4) is 0 Å². The van der Waals surface area contributed by atoms with Crippen LogP contribution in [-0.4, -0.2) is 29.7 Å². The molecule has 0 amide bonds. The molecule has 1 fully saturated rings. The summed E-state index contributed by atoms with van der Waals surface area (Å²) in [7, 11) is 0. The first kappa shape index (κ1) is 14.3. The molecule has 2 atom stereocenters. The van der Waals surface area contributed by atoms with Crippen molar-refractivity contribution in [1.29, 1.82) is 0 Å². The molecule has 1 aliphatic heterocycles. The molecule has 1 heterocycles. The number of nitrogens with one attached hydrogen (secondary N) is 1. The van der Waals surface area contributed by atoms with E-state index >= 15 is 0 Å². The van der Waals surface area contributed by atoms with E-state index in [2.05, 4.69) is 5.32 Å². The molecule has 0 aliphatic carbocycles. The molecule has 2 unspecified atom stereocenters. The van der Waals surface area contributed by atoms with Gasteiger partial charge in [0.2, 0.25) is 0 Å². The Morgan fingerprint density at radius 1 is 1.16 bits per heavy atom. The van der Waals surface area contributed by atoms with Crippen LogP contribution in [0.4, 0.5) is 17.6 Å². The molecule has 2 N–H and O–H groups in total. The predicted octanol–water partition coefficient (Wildman–Crippen LogP) is 2.53. The van der Waals surface area contributed by atoms with Crippen LogP contribution in [0.2, 0.25) is 0 Å². The number of benzene rings is 1. The van der Waals surface area contributed by atoms with E-state index in [0.29, 0.717) is 13.0 Å². The van der Waals surface area contributed by atoms with Gasteiger partial charge < -0.3 is 10.4 Å². The minimum atomic E-state index is -4.52. The third kappa shape index (κ3) is 2.47. The van der Waals surface area contributed by atoms with Gasteiger partial charge in [0.1, 0.15) is 6.10 Å². The molecule has 0 spiro atoms. The minimum Gasteiger partial charge on any atom is -0.385 e. The molecule has 6 heteroatoms. The van der Waals surface area contributed by atoms with Crippen molar-refractivity contribution in [3.05, 3.63) is 35.9 Å². The fourth-order valence-corrected chi connectivity index (χ4v) is 2.26. The topological polar surface area (TPSA) is 32.3 Å². The highest BCUT2D eigenvalue weighted by atomic mass is 19.3. The van der Waals surface area contributed by atoms with Gasteiger partial charge in [0, 0.05) is 11.6 Å². The first-order valence-corrected chi connectivity index (χ1v) is 6.10. The average Bonchev–Trinajstić information content (AvgIpc) is 2.92. The smallest absolute Gasteiger partial charge is 0.341 e. The van der Waals surface area contributed by atoms with Gasteiger partial charge >= 0.3 is 11.8 Å². The molecule has 1 aromatic rings. The summed E-state index contributed by atoms with van der Waals surface area (Å²) in [4.78, 5) is 0. The second-order valence-corrected chi connectivity index (χ2v) is 4.71. The fourth-order valence-electron chi connectivity index (χ4n) is 2.26. The van der Waals surface area contributed by atoms with Crippen molar-refractivity contribution < 1.29 is 22.7 Å². The summed E-state index contributed by atoms with van der Waals surface area (Å²) in [5.41, 5.74) is -0.794. The Morgan fingerprint density at radius 3 is 2.32 bits per heavy atom. The number of hydrogen-bond acceptors (Lipinski definition) is 2. The van der Waals surface area contributed by atoms with Gasteiger partial charge in [0.25, 0.3) is 0 Å². The van der Waals surface area contributed by atoms with Crippen LogP contribution >= 0.6 is 0 Å². The van der Waals surface area contributed by atoms with E-state index in [1.54, 1.807) is 0 Å². The van der Waals surface area contributed by atoms with Crippen LogP contribution in [0.25, 0.3) is 0 Å². The second-order valence-electron chi connectivity index (χ2n) is 4.71. The molecule has 19 heavy (non-hydrogen) atoms. The summed E-state index contributed by atoms with van der Waals surface area (Å²) < 4.78 is 55.6. The lowest BCUT2D eigenvalue weighted by Crippen LogP contribution is -2.55. The molecule has 1 aliphatic rings. The number of aliphatic hydroxyl groups excluding tert-OH is 1. The van der Waals surface area contributed by atoms with E-state index in [-0.39, 0.29) is 6.42 Å². The maximum atomic E-state index is 13.9. The maximum Gasteiger partial charge on any atom is 0.341 e. The Bertz CT molecular complexity index is 418. The number of rotatable bonds is 4. The van der Waals surface area contributed by atoms with Gasteiger partial charge in [-0.05, 0) is 19.4 Å². The molecule has 106 valence electrons. The van der Waals surface area contributed by atoms with Crippen LogP contribution in [0.15, 0.2) is 30.3 Å². The third-order valence-corrected chi connectivity index (χ3v) is 3.41. The van der Waals surface area contributed by atoms with Crippen molar-refractivity contribution in [2.24, 2.45) is 0 Å².